The Bertz CT molecular complexity index is 919. The van der Waals surface area contributed by atoms with Gasteiger partial charge in [-0.1, -0.05) is 0 Å². The van der Waals surface area contributed by atoms with Crippen molar-refractivity contribution in [2.45, 2.75) is 6.42 Å². The van der Waals surface area contributed by atoms with Gasteiger partial charge in [0.15, 0.2) is 6.61 Å². The average Bonchev–Trinajstić information content (AvgIpc) is 2.94. The number of ether oxygens (including phenoxy) is 1. The van der Waals surface area contributed by atoms with E-state index in [9.17, 15) is 17.6 Å². The molecule has 1 heterocycles. The Morgan fingerprint density at radius 1 is 1.23 bits per heavy atom. The molecule has 0 aliphatic carbocycles. The zero-order valence-electron chi connectivity index (χ0n) is 13.6. The van der Waals surface area contributed by atoms with Gasteiger partial charge in [0, 0.05) is 12.2 Å². The summed E-state index contributed by atoms with van der Waals surface area (Å²) in [4.78, 5) is 12.0. The average molecular weight is 443 g/mol. The number of carbonyl (C=O) groups excluding carboxylic acids is 1. The van der Waals surface area contributed by atoms with Gasteiger partial charge >= 0.3 is 0 Å². The molecule has 0 saturated carbocycles. The molecule has 2 aromatic rings. The SMILES string of the molecule is O=C(COc1ccc(F)cc1Br)Nc1ccc(N2CCCS2(=O)=O)cc1. The Kier molecular flexibility index (Phi) is 5.47. The second kappa shape index (κ2) is 7.63. The predicted molar refractivity (Wildman–Crippen MR) is 100 cm³/mol. The number of hydrogen-bond acceptors (Lipinski definition) is 4. The lowest BCUT2D eigenvalue weighted by Gasteiger charge is -2.17. The van der Waals surface area contributed by atoms with Crippen LogP contribution in [0.25, 0.3) is 0 Å². The molecule has 6 nitrogen and oxygen atoms in total. The molecule has 2 aromatic carbocycles. The normalized spacial score (nSPS) is 15.7. The molecule has 0 atom stereocenters. The van der Waals surface area contributed by atoms with Gasteiger partial charge in [-0.25, -0.2) is 12.8 Å². The first-order valence-electron chi connectivity index (χ1n) is 7.83. The standard InChI is InChI=1S/C17H16BrFN2O4S/c18-15-10-12(19)2-7-16(15)25-11-17(22)20-13-3-5-14(6-4-13)21-8-1-9-26(21,23)24/h2-7,10H,1,8-9,11H2,(H,20,22). The molecule has 138 valence electrons. The predicted octanol–water partition coefficient (Wildman–Crippen LogP) is 3.15. The van der Waals surface area contributed by atoms with Crippen LogP contribution < -0.4 is 14.4 Å². The molecule has 9 heteroatoms. The van der Waals surface area contributed by atoms with Gasteiger partial charge in [0.1, 0.15) is 11.6 Å². The highest BCUT2D eigenvalue weighted by molar-refractivity contribution is 9.10. The Morgan fingerprint density at radius 2 is 1.96 bits per heavy atom. The quantitative estimate of drug-likeness (QED) is 0.771. The Labute approximate surface area is 159 Å². The van der Waals surface area contributed by atoms with Gasteiger partial charge in [0.25, 0.3) is 5.91 Å². The number of anilines is 2. The number of hydrogen-bond donors (Lipinski definition) is 1. The number of sulfonamides is 1. The van der Waals surface area contributed by atoms with E-state index in [1.54, 1.807) is 24.3 Å². The fraction of sp³-hybridized carbons (Fsp3) is 0.235. The summed E-state index contributed by atoms with van der Waals surface area (Å²) >= 11 is 3.16. The number of nitrogens with zero attached hydrogens (tertiary/aromatic N) is 1. The van der Waals surface area contributed by atoms with E-state index in [1.807, 2.05) is 0 Å². The third-order valence-corrected chi connectivity index (χ3v) is 6.28. The number of carbonyl (C=O) groups is 1. The molecule has 1 saturated heterocycles. The number of nitrogens with one attached hydrogen (secondary N) is 1. The van der Waals surface area contributed by atoms with Crippen molar-refractivity contribution in [3.05, 3.63) is 52.8 Å². The van der Waals surface area contributed by atoms with Crippen molar-refractivity contribution in [1.82, 2.24) is 0 Å². The van der Waals surface area contributed by atoms with E-state index in [2.05, 4.69) is 21.2 Å². The van der Waals surface area contributed by atoms with E-state index in [0.717, 1.165) is 0 Å². The van der Waals surface area contributed by atoms with Gasteiger partial charge in [-0.05, 0) is 64.8 Å². The zero-order valence-corrected chi connectivity index (χ0v) is 16.0. The number of halogens is 2. The molecular weight excluding hydrogens is 427 g/mol. The monoisotopic (exact) mass is 442 g/mol. The summed E-state index contributed by atoms with van der Waals surface area (Å²) in [5, 5.41) is 2.66. The fourth-order valence-electron chi connectivity index (χ4n) is 2.57. The van der Waals surface area contributed by atoms with Gasteiger partial charge in [-0.2, -0.15) is 0 Å². The van der Waals surface area contributed by atoms with Crippen LogP contribution in [0.3, 0.4) is 0 Å². The molecule has 3 rings (SSSR count). The molecule has 0 aromatic heterocycles. The van der Waals surface area contributed by atoms with Crippen LogP contribution in [0, 0.1) is 5.82 Å². The highest BCUT2D eigenvalue weighted by Crippen LogP contribution is 2.26. The summed E-state index contributed by atoms with van der Waals surface area (Å²) < 4.78 is 44.0. The lowest BCUT2D eigenvalue weighted by atomic mass is 10.2. The van der Waals surface area contributed by atoms with E-state index < -0.39 is 15.8 Å². The molecule has 1 N–H and O–H groups in total. The highest BCUT2D eigenvalue weighted by atomic mass is 79.9. The summed E-state index contributed by atoms with van der Waals surface area (Å²) in [6, 6.07) is 10.5. The van der Waals surface area contributed by atoms with Crippen molar-refractivity contribution >= 4 is 43.2 Å². The van der Waals surface area contributed by atoms with Gasteiger partial charge < -0.3 is 10.1 Å². The van der Waals surface area contributed by atoms with Crippen LogP contribution in [-0.2, 0) is 14.8 Å². The van der Waals surface area contributed by atoms with Crippen LogP contribution in [0.15, 0.2) is 46.9 Å². The van der Waals surface area contributed by atoms with Crippen LogP contribution in [-0.4, -0.2) is 33.2 Å². The fourth-order valence-corrected chi connectivity index (χ4v) is 4.60. The van der Waals surface area contributed by atoms with Crippen molar-refractivity contribution in [1.29, 1.82) is 0 Å². The highest BCUT2D eigenvalue weighted by Gasteiger charge is 2.28. The molecule has 1 aliphatic heterocycles. The molecular formula is C17H16BrFN2O4S. The second-order valence-corrected chi connectivity index (χ2v) is 8.57. The molecule has 1 fully saturated rings. The van der Waals surface area contributed by atoms with Crippen LogP contribution >= 0.6 is 15.9 Å². The second-order valence-electron chi connectivity index (χ2n) is 5.70. The third kappa shape index (κ3) is 4.34. The van der Waals surface area contributed by atoms with Gasteiger partial charge in [-0.3, -0.25) is 9.10 Å². The van der Waals surface area contributed by atoms with E-state index in [1.165, 1.54) is 22.5 Å². The van der Waals surface area contributed by atoms with Crippen LogP contribution in [0.1, 0.15) is 6.42 Å². The van der Waals surface area contributed by atoms with E-state index in [0.29, 0.717) is 34.6 Å². The van der Waals surface area contributed by atoms with Gasteiger partial charge in [0.2, 0.25) is 10.0 Å². The first-order valence-corrected chi connectivity index (χ1v) is 10.2. The van der Waals surface area contributed by atoms with Crippen molar-refractivity contribution in [3.8, 4) is 5.75 Å². The summed E-state index contributed by atoms with van der Waals surface area (Å²) in [6.45, 7) is 0.223. The number of benzene rings is 2. The largest absolute Gasteiger partial charge is 0.483 e. The maximum Gasteiger partial charge on any atom is 0.262 e. The van der Waals surface area contributed by atoms with Crippen LogP contribution in [0.5, 0.6) is 5.75 Å². The van der Waals surface area contributed by atoms with Crippen LogP contribution in [0.2, 0.25) is 0 Å². The molecule has 0 bridgehead atoms. The Morgan fingerprint density at radius 3 is 2.58 bits per heavy atom. The van der Waals surface area contributed by atoms with Crippen molar-refractivity contribution in [2.75, 3.05) is 28.5 Å². The minimum absolute atomic E-state index is 0.155. The van der Waals surface area contributed by atoms with E-state index in [4.69, 9.17) is 4.74 Å². The Balaban J connectivity index is 1.58. The minimum atomic E-state index is -3.23. The van der Waals surface area contributed by atoms with E-state index in [-0.39, 0.29) is 18.3 Å². The minimum Gasteiger partial charge on any atom is -0.483 e. The molecule has 0 radical (unpaired) electrons. The van der Waals surface area contributed by atoms with E-state index >= 15 is 0 Å². The lowest BCUT2D eigenvalue weighted by Crippen LogP contribution is -2.25. The maximum absolute atomic E-state index is 13.0. The van der Waals surface area contributed by atoms with Crippen LogP contribution in [0.4, 0.5) is 15.8 Å². The van der Waals surface area contributed by atoms with Crippen molar-refractivity contribution in [3.63, 3.8) is 0 Å². The topological polar surface area (TPSA) is 75.7 Å². The molecule has 0 spiro atoms. The maximum atomic E-state index is 13.0. The van der Waals surface area contributed by atoms with Crippen molar-refractivity contribution < 1.29 is 22.3 Å². The smallest absolute Gasteiger partial charge is 0.262 e. The number of rotatable bonds is 5. The molecule has 26 heavy (non-hydrogen) atoms. The molecule has 1 amide bonds. The summed E-state index contributed by atoms with van der Waals surface area (Å²) in [6.07, 6.45) is 0.608. The third-order valence-electron chi connectivity index (χ3n) is 3.79. The van der Waals surface area contributed by atoms with Gasteiger partial charge in [0.05, 0.1) is 15.9 Å². The lowest BCUT2D eigenvalue weighted by molar-refractivity contribution is -0.118. The summed E-state index contributed by atoms with van der Waals surface area (Å²) in [7, 11) is -3.23. The first kappa shape index (κ1) is 18.7. The number of amides is 1. The van der Waals surface area contributed by atoms with Gasteiger partial charge in [-0.15, -0.1) is 0 Å². The summed E-state index contributed by atoms with van der Waals surface area (Å²) in [5.41, 5.74) is 1.10. The Hall–Kier alpha value is -2.13. The van der Waals surface area contributed by atoms with Crippen molar-refractivity contribution in [2.24, 2.45) is 0 Å². The zero-order chi connectivity index (χ0) is 18.7. The molecule has 1 aliphatic rings. The summed E-state index contributed by atoms with van der Waals surface area (Å²) in [5.74, 6) is -0.283. The first-order chi connectivity index (χ1) is 12.3. The molecule has 0 unspecified atom stereocenters.